The Labute approximate surface area is 107 Å². The molecule has 2 nitrogen and oxygen atoms in total. The van der Waals surface area contributed by atoms with Crippen molar-refractivity contribution in [3.05, 3.63) is 35.9 Å². The molecular weight excluding hydrogens is 263 g/mol. The first-order chi connectivity index (χ1) is 8.32. The molecule has 1 rings (SSSR count). The predicted molar refractivity (Wildman–Crippen MR) is 66.8 cm³/mol. The summed E-state index contributed by atoms with van der Waals surface area (Å²) < 4.78 is 49.9. The molecule has 0 radical (unpaired) electrons. The van der Waals surface area contributed by atoms with Gasteiger partial charge in [-0.25, -0.2) is 0 Å². The molecule has 0 aliphatic carbocycles. The number of hydrogen-bond donors (Lipinski definition) is 1. The van der Waals surface area contributed by atoms with Crippen molar-refractivity contribution in [2.24, 2.45) is 0 Å². The van der Waals surface area contributed by atoms with E-state index in [0.29, 0.717) is 0 Å². The van der Waals surface area contributed by atoms with Crippen molar-refractivity contribution in [2.45, 2.75) is 24.4 Å². The van der Waals surface area contributed by atoms with Gasteiger partial charge in [-0.1, -0.05) is 30.3 Å². The van der Waals surface area contributed by atoms with Crippen molar-refractivity contribution in [3.8, 4) is 0 Å². The van der Waals surface area contributed by atoms with Gasteiger partial charge in [0.05, 0.1) is 0 Å². The van der Waals surface area contributed by atoms with Gasteiger partial charge in [-0.2, -0.15) is 13.2 Å². The van der Waals surface area contributed by atoms with E-state index >= 15 is 0 Å². The summed E-state index contributed by atoms with van der Waals surface area (Å²) in [7, 11) is -1.14. The lowest BCUT2D eigenvalue weighted by atomic mass is 10.1. The summed E-state index contributed by atoms with van der Waals surface area (Å²) in [4.78, 5) is 0. The van der Waals surface area contributed by atoms with Crippen LogP contribution in [0.4, 0.5) is 13.2 Å². The SMILES string of the molecule is CC(CNC(c1ccccc1)C(F)(F)F)S(C)=O. The van der Waals surface area contributed by atoms with Crippen LogP contribution < -0.4 is 5.32 Å². The zero-order valence-corrected chi connectivity index (χ0v) is 11.0. The third-order valence-corrected chi connectivity index (χ3v) is 3.94. The fourth-order valence-corrected chi connectivity index (χ4v) is 1.80. The first-order valence-corrected chi connectivity index (χ1v) is 7.11. The Kier molecular flexibility index (Phi) is 5.34. The summed E-state index contributed by atoms with van der Waals surface area (Å²) in [6, 6.07) is 5.94. The summed E-state index contributed by atoms with van der Waals surface area (Å²) in [5, 5.41) is 2.12. The lowest BCUT2D eigenvalue weighted by Crippen LogP contribution is -2.38. The average Bonchev–Trinajstić information content (AvgIpc) is 2.28. The molecule has 0 fully saturated rings. The number of hydrogen-bond acceptors (Lipinski definition) is 2. The van der Waals surface area contributed by atoms with Crippen molar-refractivity contribution in [3.63, 3.8) is 0 Å². The van der Waals surface area contributed by atoms with Gasteiger partial charge >= 0.3 is 6.18 Å². The highest BCUT2D eigenvalue weighted by molar-refractivity contribution is 7.84. The zero-order valence-electron chi connectivity index (χ0n) is 10.2. The average molecular weight is 279 g/mol. The van der Waals surface area contributed by atoms with Gasteiger partial charge in [0.1, 0.15) is 6.04 Å². The topological polar surface area (TPSA) is 29.1 Å². The number of benzene rings is 1. The second-order valence-electron chi connectivity index (χ2n) is 4.10. The predicted octanol–water partition coefficient (Wildman–Crippen LogP) is 2.65. The molecule has 0 aliphatic heterocycles. The maximum Gasteiger partial charge on any atom is 0.407 e. The van der Waals surface area contributed by atoms with Crippen molar-refractivity contribution in [2.75, 3.05) is 12.8 Å². The summed E-state index contributed by atoms with van der Waals surface area (Å²) >= 11 is 0. The smallest absolute Gasteiger partial charge is 0.301 e. The van der Waals surface area contributed by atoms with Crippen LogP contribution in [-0.2, 0) is 10.8 Å². The van der Waals surface area contributed by atoms with Crippen molar-refractivity contribution < 1.29 is 17.4 Å². The van der Waals surface area contributed by atoms with E-state index in [2.05, 4.69) is 5.32 Å². The van der Waals surface area contributed by atoms with Crippen LogP contribution in [0.2, 0.25) is 0 Å². The fraction of sp³-hybridized carbons (Fsp3) is 0.500. The highest BCUT2D eigenvalue weighted by atomic mass is 32.2. The number of nitrogens with one attached hydrogen (secondary N) is 1. The van der Waals surface area contributed by atoms with E-state index in [4.69, 9.17) is 0 Å². The molecule has 102 valence electrons. The first kappa shape index (κ1) is 15.2. The Morgan fingerprint density at radius 3 is 2.28 bits per heavy atom. The minimum Gasteiger partial charge on any atom is -0.301 e. The molecule has 0 saturated heterocycles. The van der Waals surface area contributed by atoms with E-state index in [1.54, 1.807) is 25.1 Å². The second-order valence-corrected chi connectivity index (χ2v) is 5.90. The highest BCUT2D eigenvalue weighted by Gasteiger charge is 2.40. The van der Waals surface area contributed by atoms with Crippen molar-refractivity contribution in [1.82, 2.24) is 5.32 Å². The fourth-order valence-electron chi connectivity index (χ4n) is 1.47. The molecule has 0 saturated carbocycles. The van der Waals surface area contributed by atoms with Gasteiger partial charge in [-0.15, -0.1) is 0 Å². The van der Waals surface area contributed by atoms with Gasteiger partial charge in [0.25, 0.3) is 0 Å². The minimum atomic E-state index is -4.36. The molecule has 3 atom stereocenters. The maximum absolute atomic E-state index is 12.9. The molecule has 6 heteroatoms. The molecule has 0 heterocycles. The van der Waals surface area contributed by atoms with Crippen LogP contribution in [0.1, 0.15) is 18.5 Å². The summed E-state index contributed by atoms with van der Waals surface area (Å²) in [5.41, 5.74) is 0.166. The first-order valence-electron chi connectivity index (χ1n) is 5.49. The normalized spacial score (nSPS) is 17.2. The molecule has 1 aromatic carbocycles. The van der Waals surface area contributed by atoms with Crippen LogP contribution >= 0.6 is 0 Å². The van der Waals surface area contributed by atoms with E-state index in [-0.39, 0.29) is 17.4 Å². The standard InChI is InChI=1S/C12H16F3NOS/c1-9(18(2)17)8-16-11(12(13,14)15)10-6-4-3-5-7-10/h3-7,9,11,16H,8H2,1-2H3. The van der Waals surface area contributed by atoms with Gasteiger partial charge < -0.3 is 5.32 Å². The van der Waals surface area contributed by atoms with E-state index in [9.17, 15) is 17.4 Å². The zero-order chi connectivity index (χ0) is 13.8. The van der Waals surface area contributed by atoms with Crippen molar-refractivity contribution in [1.29, 1.82) is 0 Å². The molecule has 3 unspecified atom stereocenters. The van der Waals surface area contributed by atoms with E-state index in [1.165, 1.54) is 18.4 Å². The quantitative estimate of drug-likeness (QED) is 0.897. The van der Waals surface area contributed by atoms with Gasteiger partial charge in [0.15, 0.2) is 0 Å². The molecule has 0 spiro atoms. The Morgan fingerprint density at radius 1 is 1.28 bits per heavy atom. The maximum atomic E-state index is 12.9. The van der Waals surface area contributed by atoms with Gasteiger partial charge in [-0.05, 0) is 12.5 Å². The summed E-state index contributed by atoms with van der Waals surface area (Å²) in [5.74, 6) is 0. The monoisotopic (exact) mass is 279 g/mol. The summed E-state index contributed by atoms with van der Waals surface area (Å²) in [6.07, 6.45) is -2.88. The Balaban J connectivity index is 2.79. The molecule has 0 bridgehead atoms. The Hall–Kier alpha value is -0.880. The number of rotatable bonds is 5. The molecule has 18 heavy (non-hydrogen) atoms. The lowest BCUT2D eigenvalue weighted by Gasteiger charge is -2.23. The number of halogens is 3. The van der Waals surface area contributed by atoms with E-state index in [1.807, 2.05) is 0 Å². The van der Waals surface area contributed by atoms with Crippen LogP contribution in [-0.4, -0.2) is 28.4 Å². The molecule has 1 N–H and O–H groups in total. The van der Waals surface area contributed by atoms with Gasteiger partial charge in [0, 0.05) is 28.9 Å². The highest BCUT2D eigenvalue weighted by Crippen LogP contribution is 2.32. The summed E-state index contributed by atoms with van der Waals surface area (Å²) in [6.45, 7) is 1.71. The molecule has 0 aliphatic rings. The van der Waals surface area contributed by atoms with Crippen LogP contribution in [0.15, 0.2) is 30.3 Å². The third-order valence-electron chi connectivity index (χ3n) is 2.64. The van der Waals surface area contributed by atoms with Gasteiger partial charge in [-0.3, -0.25) is 4.21 Å². The van der Waals surface area contributed by atoms with Crippen LogP contribution in [0.5, 0.6) is 0 Å². The van der Waals surface area contributed by atoms with Crippen molar-refractivity contribution >= 4 is 10.8 Å². The number of alkyl halides is 3. The second kappa shape index (κ2) is 6.33. The molecule has 1 aromatic rings. The van der Waals surface area contributed by atoms with E-state index in [0.717, 1.165) is 0 Å². The van der Waals surface area contributed by atoms with Crippen LogP contribution in [0.25, 0.3) is 0 Å². The largest absolute Gasteiger partial charge is 0.407 e. The minimum absolute atomic E-state index is 0.0577. The van der Waals surface area contributed by atoms with Gasteiger partial charge in [0.2, 0.25) is 0 Å². The van der Waals surface area contributed by atoms with Crippen LogP contribution in [0.3, 0.4) is 0 Å². The van der Waals surface area contributed by atoms with Crippen LogP contribution in [0, 0.1) is 0 Å². The molecule has 0 aromatic heterocycles. The third kappa shape index (κ3) is 4.42. The van der Waals surface area contributed by atoms with E-state index < -0.39 is 23.0 Å². The Morgan fingerprint density at radius 2 is 1.83 bits per heavy atom. The molecule has 0 amide bonds. The molecular formula is C12H16F3NOS. The lowest BCUT2D eigenvalue weighted by molar-refractivity contribution is -0.157. The Bertz CT molecular complexity index is 394.